The molecule has 0 radical (unpaired) electrons. The maximum atomic E-state index is 13.0. The molecule has 4 aliphatic rings. The van der Waals surface area contributed by atoms with E-state index in [0.29, 0.717) is 23.3 Å². The summed E-state index contributed by atoms with van der Waals surface area (Å²) in [6.07, 6.45) is 10.4. The van der Waals surface area contributed by atoms with Crippen LogP contribution >= 0.6 is 0 Å². The van der Waals surface area contributed by atoms with E-state index in [1.807, 2.05) is 36.1 Å². The zero-order valence-corrected chi connectivity index (χ0v) is 14.4. The molecule has 132 valence electrons. The second kappa shape index (κ2) is 5.21. The zero-order chi connectivity index (χ0) is 17.2. The van der Waals surface area contributed by atoms with E-state index in [9.17, 15) is 9.90 Å². The Hall–Kier alpha value is -2.08. The third kappa shape index (κ3) is 2.34. The number of hydrogen-bond acceptors (Lipinski definition) is 3. The fourth-order valence-electron chi connectivity index (χ4n) is 5.82. The van der Waals surface area contributed by atoms with Crippen LogP contribution in [0.15, 0.2) is 30.7 Å². The molecule has 6 nitrogen and oxygen atoms in total. The van der Waals surface area contributed by atoms with Crippen molar-refractivity contribution in [2.24, 2.45) is 24.8 Å². The molecular formula is C19H24N4O2. The highest BCUT2D eigenvalue weighted by molar-refractivity contribution is 5.97. The van der Waals surface area contributed by atoms with E-state index in [0.717, 1.165) is 37.9 Å². The summed E-state index contributed by atoms with van der Waals surface area (Å²) in [5, 5.41) is 18.3. The Labute approximate surface area is 146 Å². The number of aryl methyl sites for hydroxylation is 1. The van der Waals surface area contributed by atoms with Crippen LogP contribution in [0.3, 0.4) is 0 Å². The van der Waals surface area contributed by atoms with Crippen molar-refractivity contribution in [1.29, 1.82) is 0 Å². The van der Waals surface area contributed by atoms with Gasteiger partial charge < -0.3 is 15.0 Å². The van der Waals surface area contributed by atoms with Crippen molar-refractivity contribution in [3.8, 4) is 5.82 Å². The van der Waals surface area contributed by atoms with Crippen LogP contribution in [0.1, 0.15) is 42.5 Å². The van der Waals surface area contributed by atoms with Crippen molar-refractivity contribution in [2.45, 2.75) is 43.7 Å². The molecule has 2 N–H and O–H groups in total. The Bertz CT molecular complexity index is 794. The number of nitrogens with one attached hydrogen (secondary N) is 1. The number of hydrogen-bond donors (Lipinski definition) is 2. The minimum Gasteiger partial charge on any atom is -0.390 e. The fourth-order valence-corrected chi connectivity index (χ4v) is 5.82. The van der Waals surface area contributed by atoms with Gasteiger partial charge in [-0.25, -0.2) is 0 Å². The molecule has 4 fully saturated rings. The van der Waals surface area contributed by atoms with Gasteiger partial charge in [0.2, 0.25) is 0 Å². The Kier molecular flexibility index (Phi) is 3.17. The molecule has 2 atom stereocenters. The summed E-state index contributed by atoms with van der Waals surface area (Å²) in [5.41, 5.74) is 0.133. The molecule has 2 aromatic heterocycles. The number of nitrogens with zero attached hydrogens (tertiary/aromatic N) is 3. The van der Waals surface area contributed by atoms with Gasteiger partial charge in [0.25, 0.3) is 5.91 Å². The highest BCUT2D eigenvalue weighted by Crippen LogP contribution is 2.55. The second-order valence-corrected chi connectivity index (χ2v) is 8.29. The monoisotopic (exact) mass is 340 g/mol. The van der Waals surface area contributed by atoms with Gasteiger partial charge in [-0.2, -0.15) is 5.10 Å². The largest absolute Gasteiger partial charge is 0.390 e. The first-order valence-electron chi connectivity index (χ1n) is 9.21. The van der Waals surface area contributed by atoms with E-state index < -0.39 is 5.60 Å². The van der Waals surface area contributed by atoms with Crippen LogP contribution in [0, 0.1) is 17.8 Å². The maximum absolute atomic E-state index is 13.0. The van der Waals surface area contributed by atoms with Gasteiger partial charge in [0.1, 0.15) is 11.4 Å². The predicted octanol–water partition coefficient (Wildman–Crippen LogP) is 1.88. The number of aliphatic hydroxyl groups is 1. The third-order valence-corrected chi connectivity index (χ3v) is 6.54. The average Bonchev–Trinajstić information content (AvgIpc) is 3.18. The van der Waals surface area contributed by atoms with Gasteiger partial charge >= 0.3 is 0 Å². The van der Waals surface area contributed by atoms with Crippen molar-refractivity contribution < 1.29 is 9.90 Å². The quantitative estimate of drug-likeness (QED) is 0.896. The summed E-state index contributed by atoms with van der Waals surface area (Å²) in [6, 6.07) is 4.06. The molecule has 1 amide bonds. The molecule has 0 aromatic carbocycles. The van der Waals surface area contributed by atoms with Gasteiger partial charge in [0.15, 0.2) is 0 Å². The molecular weight excluding hydrogens is 316 g/mol. The van der Waals surface area contributed by atoms with Crippen LogP contribution < -0.4 is 5.32 Å². The lowest BCUT2D eigenvalue weighted by Crippen LogP contribution is -2.61. The number of carbonyl (C=O) groups is 1. The second-order valence-electron chi connectivity index (χ2n) is 8.29. The molecule has 2 heterocycles. The van der Waals surface area contributed by atoms with Crippen LogP contribution in [0.5, 0.6) is 0 Å². The van der Waals surface area contributed by atoms with E-state index in [1.165, 1.54) is 0 Å². The third-order valence-electron chi connectivity index (χ3n) is 6.54. The van der Waals surface area contributed by atoms with Crippen molar-refractivity contribution in [3.63, 3.8) is 0 Å². The lowest BCUT2D eigenvalue weighted by atomic mass is 9.52. The van der Waals surface area contributed by atoms with Crippen molar-refractivity contribution in [1.82, 2.24) is 19.7 Å². The van der Waals surface area contributed by atoms with Gasteiger partial charge in [-0.15, -0.1) is 0 Å². The Morgan fingerprint density at radius 2 is 1.92 bits per heavy atom. The molecule has 6 rings (SSSR count). The van der Waals surface area contributed by atoms with E-state index in [2.05, 4.69) is 10.4 Å². The average molecular weight is 340 g/mol. The van der Waals surface area contributed by atoms with Crippen molar-refractivity contribution in [3.05, 3.63) is 36.3 Å². The van der Waals surface area contributed by atoms with E-state index in [4.69, 9.17) is 0 Å². The predicted molar refractivity (Wildman–Crippen MR) is 92.3 cm³/mol. The van der Waals surface area contributed by atoms with Crippen LogP contribution in [0.4, 0.5) is 0 Å². The molecule has 4 bridgehead atoms. The summed E-state index contributed by atoms with van der Waals surface area (Å²) >= 11 is 0. The number of amides is 1. The summed E-state index contributed by atoms with van der Waals surface area (Å²) in [7, 11) is 1.85. The number of carbonyl (C=O) groups excluding carboxylic acids is 1. The van der Waals surface area contributed by atoms with Crippen LogP contribution in [-0.2, 0) is 7.05 Å². The van der Waals surface area contributed by atoms with Crippen molar-refractivity contribution in [2.75, 3.05) is 0 Å². The first-order valence-corrected chi connectivity index (χ1v) is 9.21. The first-order chi connectivity index (χ1) is 12.0. The van der Waals surface area contributed by atoms with Gasteiger partial charge in [-0.1, -0.05) is 0 Å². The van der Waals surface area contributed by atoms with Gasteiger partial charge in [-0.3, -0.25) is 9.48 Å². The highest BCUT2D eigenvalue weighted by Gasteiger charge is 2.55. The normalized spacial score (nSPS) is 35.9. The minimum atomic E-state index is -0.470. The molecule has 0 saturated heterocycles. The molecule has 4 saturated carbocycles. The molecule has 0 unspecified atom stereocenters. The topological polar surface area (TPSA) is 72.1 Å². The van der Waals surface area contributed by atoms with Gasteiger partial charge in [0, 0.05) is 25.5 Å². The van der Waals surface area contributed by atoms with E-state index in [-0.39, 0.29) is 11.9 Å². The lowest BCUT2D eigenvalue weighted by Gasteiger charge is -2.58. The molecule has 4 aliphatic carbocycles. The number of rotatable bonds is 3. The van der Waals surface area contributed by atoms with E-state index in [1.54, 1.807) is 10.9 Å². The molecule has 6 heteroatoms. The minimum absolute atomic E-state index is 0.0544. The summed E-state index contributed by atoms with van der Waals surface area (Å²) in [4.78, 5) is 13.0. The van der Waals surface area contributed by atoms with E-state index >= 15 is 0 Å². The summed E-state index contributed by atoms with van der Waals surface area (Å²) in [6.45, 7) is 0. The molecule has 0 aliphatic heterocycles. The molecule has 25 heavy (non-hydrogen) atoms. The Balaban J connectivity index is 1.40. The number of aromatic nitrogens is 3. The van der Waals surface area contributed by atoms with Crippen LogP contribution in [-0.4, -0.2) is 37.0 Å². The van der Waals surface area contributed by atoms with Gasteiger partial charge in [-0.05, 0) is 62.0 Å². The molecule has 2 aromatic rings. The highest BCUT2D eigenvalue weighted by atomic mass is 16.3. The van der Waals surface area contributed by atoms with Crippen LogP contribution in [0.2, 0.25) is 0 Å². The Morgan fingerprint density at radius 3 is 2.56 bits per heavy atom. The van der Waals surface area contributed by atoms with Crippen LogP contribution in [0.25, 0.3) is 5.82 Å². The smallest absolute Gasteiger partial charge is 0.256 e. The van der Waals surface area contributed by atoms with Gasteiger partial charge in [0.05, 0.1) is 11.8 Å². The standard InChI is InChI=1S/C19H24N4O2/c1-22-18(23-4-2-3-5-23)15(11-20-22)17(24)21-16-13-6-12-7-14(16)10-19(25,8-12)9-13/h2-5,11-14,16,25H,6-10H2,1H3,(H,21,24)/t12?,13-,14-,16?,19?/m0/s1. The Morgan fingerprint density at radius 1 is 1.24 bits per heavy atom. The summed E-state index contributed by atoms with van der Waals surface area (Å²) < 4.78 is 3.65. The fraction of sp³-hybridized carbons (Fsp3) is 0.579. The molecule has 0 spiro atoms. The lowest BCUT2D eigenvalue weighted by molar-refractivity contribution is -0.136. The summed E-state index contributed by atoms with van der Waals surface area (Å²) in [5.74, 6) is 2.19. The SMILES string of the molecule is Cn1ncc(C(=O)NC2[C@H]3CC4C[C@H]2CC(O)(C4)C3)c1-n1cccc1. The maximum Gasteiger partial charge on any atom is 0.256 e. The van der Waals surface area contributed by atoms with Crippen molar-refractivity contribution >= 4 is 5.91 Å². The zero-order valence-electron chi connectivity index (χ0n) is 14.4. The first kappa shape index (κ1) is 15.2.